The highest BCUT2D eigenvalue weighted by Crippen LogP contribution is 2.31. The zero-order valence-corrected chi connectivity index (χ0v) is 15.2. The van der Waals surface area contributed by atoms with E-state index >= 15 is 0 Å². The standard InChI is InChI=1S/C17H25IOS/c18-10-3-1-2-4-11-19-12-5-6-15-7-8-16-9-13-20-17(16)14-15/h7-8,14H,1-6,9-13H2. The largest absolute Gasteiger partial charge is 0.381 e. The average Bonchev–Trinajstić information content (AvgIpc) is 2.93. The van der Waals surface area contributed by atoms with Crippen molar-refractivity contribution in [2.45, 2.75) is 49.8 Å². The highest BCUT2D eigenvalue weighted by atomic mass is 127. The zero-order chi connectivity index (χ0) is 14.0. The van der Waals surface area contributed by atoms with Crippen LogP contribution in [-0.2, 0) is 17.6 Å². The third-order valence-corrected chi connectivity index (χ3v) is 5.55. The predicted molar refractivity (Wildman–Crippen MR) is 97.4 cm³/mol. The summed E-state index contributed by atoms with van der Waals surface area (Å²) in [6.07, 6.45) is 8.83. The monoisotopic (exact) mass is 404 g/mol. The van der Waals surface area contributed by atoms with E-state index in [2.05, 4.69) is 40.8 Å². The molecule has 1 aliphatic rings. The Bertz CT molecular complexity index is 395. The third-order valence-electron chi connectivity index (χ3n) is 3.69. The number of fused-ring (bicyclic) bond motifs is 1. The molecule has 20 heavy (non-hydrogen) atoms. The molecule has 0 aliphatic carbocycles. The number of ether oxygens (including phenoxy) is 1. The van der Waals surface area contributed by atoms with E-state index in [1.807, 2.05) is 11.8 Å². The molecule has 1 nitrogen and oxygen atoms in total. The molecule has 112 valence electrons. The summed E-state index contributed by atoms with van der Waals surface area (Å²) in [5.74, 6) is 1.26. The quantitative estimate of drug-likeness (QED) is 0.298. The van der Waals surface area contributed by atoms with Crippen LogP contribution in [0.5, 0.6) is 0 Å². The molecule has 0 N–H and O–H groups in total. The first-order valence-electron chi connectivity index (χ1n) is 7.78. The van der Waals surface area contributed by atoms with Crippen LogP contribution in [0.15, 0.2) is 23.1 Å². The minimum absolute atomic E-state index is 0.913. The van der Waals surface area contributed by atoms with Crippen molar-refractivity contribution in [2.24, 2.45) is 0 Å². The van der Waals surface area contributed by atoms with Crippen molar-refractivity contribution in [3.8, 4) is 0 Å². The van der Waals surface area contributed by atoms with Gasteiger partial charge in [-0.1, -0.05) is 47.6 Å². The SMILES string of the molecule is ICCCCCCOCCCc1ccc2c(c1)SCC2. The van der Waals surface area contributed by atoms with Crippen molar-refractivity contribution in [2.75, 3.05) is 23.4 Å². The van der Waals surface area contributed by atoms with Gasteiger partial charge in [0.15, 0.2) is 0 Å². The molecule has 0 unspecified atom stereocenters. The molecule has 0 amide bonds. The minimum Gasteiger partial charge on any atom is -0.381 e. The van der Waals surface area contributed by atoms with Crippen molar-refractivity contribution in [1.29, 1.82) is 0 Å². The molecule has 2 rings (SSSR count). The lowest BCUT2D eigenvalue weighted by Crippen LogP contribution is -1.99. The fourth-order valence-electron chi connectivity index (χ4n) is 2.50. The fraction of sp³-hybridized carbons (Fsp3) is 0.647. The molecule has 1 aromatic rings. The Hall–Kier alpha value is 0.260. The summed E-state index contributed by atoms with van der Waals surface area (Å²) in [7, 11) is 0. The number of hydrogen-bond acceptors (Lipinski definition) is 2. The van der Waals surface area contributed by atoms with E-state index in [1.165, 1.54) is 52.7 Å². The Balaban J connectivity index is 1.51. The first-order chi connectivity index (χ1) is 9.90. The van der Waals surface area contributed by atoms with E-state index in [0.717, 1.165) is 26.1 Å². The maximum absolute atomic E-state index is 5.72. The van der Waals surface area contributed by atoms with Crippen LogP contribution < -0.4 is 0 Å². The van der Waals surface area contributed by atoms with Gasteiger partial charge < -0.3 is 4.74 Å². The summed E-state index contributed by atoms with van der Waals surface area (Å²) in [5, 5.41) is 0. The topological polar surface area (TPSA) is 9.23 Å². The van der Waals surface area contributed by atoms with Crippen LogP contribution >= 0.6 is 34.4 Å². The van der Waals surface area contributed by atoms with E-state index < -0.39 is 0 Å². The summed E-state index contributed by atoms with van der Waals surface area (Å²) < 4.78 is 7.01. The van der Waals surface area contributed by atoms with Crippen LogP contribution in [0.1, 0.15) is 43.2 Å². The van der Waals surface area contributed by atoms with Gasteiger partial charge in [0.2, 0.25) is 0 Å². The second kappa shape index (κ2) is 10.1. The average molecular weight is 404 g/mol. The highest BCUT2D eigenvalue weighted by molar-refractivity contribution is 14.1. The summed E-state index contributed by atoms with van der Waals surface area (Å²) in [5.41, 5.74) is 3.02. The number of halogens is 1. The molecule has 0 atom stereocenters. The van der Waals surface area contributed by atoms with Crippen molar-refractivity contribution < 1.29 is 4.74 Å². The van der Waals surface area contributed by atoms with Gasteiger partial charge in [-0.15, -0.1) is 11.8 Å². The number of rotatable bonds is 10. The molecular weight excluding hydrogens is 379 g/mol. The molecular formula is C17H25IOS. The fourth-order valence-corrected chi connectivity index (χ4v) is 4.17. The van der Waals surface area contributed by atoms with Gasteiger partial charge in [-0.25, -0.2) is 0 Å². The Morgan fingerprint density at radius 3 is 2.80 bits per heavy atom. The Morgan fingerprint density at radius 1 is 1.05 bits per heavy atom. The minimum atomic E-state index is 0.913. The maximum atomic E-state index is 5.72. The maximum Gasteiger partial charge on any atom is 0.0469 e. The lowest BCUT2D eigenvalue weighted by Gasteiger charge is -2.06. The van der Waals surface area contributed by atoms with Gasteiger partial charge in [-0.2, -0.15) is 0 Å². The Labute approximate surface area is 141 Å². The second-order valence-electron chi connectivity index (χ2n) is 5.36. The van der Waals surface area contributed by atoms with Gasteiger partial charge in [0.1, 0.15) is 0 Å². The molecule has 0 fully saturated rings. The van der Waals surface area contributed by atoms with E-state index in [4.69, 9.17) is 4.74 Å². The summed E-state index contributed by atoms with van der Waals surface area (Å²) in [4.78, 5) is 1.51. The van der Waals surface area contributed by atoms with Gasteiger partial charge in [0.05, 0.1) is 0 Å². The van der Waals surface area contributed by atoms with Gasteiger partial charge in [-0.3, -0.25) is 0 Å². The van der Waals surface area contributed by atoms with E-state index in [0.29, 0.717) is 0 Å². The molecule has 0 bridgehead atoms. The lowest BCUT2D eigenvalue weighted by molar-refractivity contribution is 0.128. The van der Waals surface area contributed by atoms with Crippen LogP contribution in [0.25, 0.3) is 0 Å². The number of benzene rings is 1. The summed E-state index contributed by atoms with van der Waals surface area (Å²) >= 11 is 4.46. The summed E-state index contributed by atoms with van der Waals surface area (Å²) in [6, 6.07) is 7.00. The molecule has 0 aromatic heterocycles. The second-order valence-corrected chi connectivity index (χ2v) is 7.58. The third kappa shape index (κ3) is 5.94. The normalized spacial score (nSPS) is 13.7. The number of unbranched alkanes of at least 4 members (excludes halogenated alkanes) is 3. The van der Waals surface area contributed by atoms with Crippen LogP contribution in [0.3, 0.4) is 0 Å². The molecule has 1 aliphatic heterocycles. The number of hydrogen-bond donors (Lipinski definition) is 0. The van der Waals surface area contributed by atoms with Crippen molar-refractivity contribution >= 4 is 34.4 Å². The zero-order valence-electron chi connectivity index (χ0n) is 12.2. The molecule has 1 aromatic carbocycles. The van der Waals surface area contributed by atoms with Crippen LogP contribution in [0, 0.1) is 0 Å². The van der Waals surface area contributed by atoms with E-state index in [1.54, 1.807) is 5.56 Å². The van der Waals surface area contributed by atoms with E-state index in [9.17, 15) is 0 Å². The van der Waals surface area contributed by atoms with Gasteiger partial charge in [-0.05, 0) is 53.7 Å². The Kier molecular flexibility index (Phi) is 8.37. The van der Waals surface area contributed by atoms with Gasteiger partial charge in [0, 0.05) is 23.9 Å². The molecule has 0 radical (unpaired) electrons. The number of alkyl halides is 1. The first-order valence-corrected chi connectivity index (χ1v) is 10.3. The van der Waals surface area contributed by atoms with Crippen LogP contribution in [0.2, 0.25) is 0 Å². The highest BCUT2D eigenvalue weighted by Gasteiger charge is 2.11. The number of aryl methyl sites for hydroxylation is 2. The van der Waals surface area contributed by atoms with Crippen LogP contribution in [-0.4, -0.2) is 23.4 Å². The molecule has 0 spiro atoms. The molecule has 3 heteroatoms. The van der Waals surface area contributed by atoms with E-state index in [-0.39, 0.29) is 0 Å². The lowest BCUT2D eigenvalue weighted by atomic mass is 10.1. The van der Waals surface area contributed by atoms with Gasteiger partial charge >= 0.3 is 0 Å². The van der Waals surface area contributed by atoms with Crippen molar-refractivity contribution in [3.05, 3.63) is 29.3 Å². The van der Waals surface area contributed by atoms with Gasteiger partial charge in [0.25, 0.3) is 0 Å². The Morgan fingerprint density at radius 2 is 1.90 bits per heavy atom. The molecule has 1 heterocycles. The molecule has 0 saturated carbocycles. The number of thioether (sulfide) groups is 1. The van der Waals surface area contributed by atoms with Crippen molar-refractivity contribution in [3.63, 3.8) is 0 Å². The smallest absolute Gasteiger partial charge is 0.0469 e. The predicted octanol–water partition coefficient (Wildman–Crippen LogP) is 5.28. The first kappa shape index (κ1) is 16.6. The summed E-state index contributed by atoms with van der Waals surface area (Å²) in [6.45, 7) is 1.86. The molecule has 0 saturated heterocycles. The van der Waals surface area contributed by atoms with Crippen molar-refractivity contribution in [1.82, 2.24) is 0 Å². The van der Waals surface area contributed by atoms with Crippen LogP contribution in [0.4, 0.5) is 0 Å².